The Bertz CT molecular complexity index is 1280. The Morgan fingerprint density at radius 2 is 1.77 bits per heavy atom. The molecule has 0 aliphatic rings. The average molecular weight is 400 g/mol. The number of benzene rings is 2. The first-order chi connectivity index (χ1) is 14.4. The van der Waals surface area contributed by atoms with Crippen molar-refractivity contribution in [2.75, 3.05) is 0 Å². The molecule has 2 N–H and O–H groups in total. The van der Waals surface area contributed by atoms with Gasteiger partial charge in [0.25, 0.3) is 5.91 Å². The van der Waals surface area contributed by atoms with Crippen molar-refractivity contribution in [1.29, 1.82) is 0 Å². The molecule has 0 aliphatic carbocycles. The third kappa shape index (κ3) is 3.65. The van der Waals surface area contributed by atoms with Crippen LogP contribution in [-0.4, -0.2) is 26.3 Å². The summed E-state index contributed by atoms with van der Waals surface area (Å²) in [5.74, 6) is -0.727. The van der Waals surface area contributed by atoms with Gasteiger partial charge in [-0.3, -0.25) is 9.59 Å². The second-order valence-corrected chi connectivity index (χ2v) is 7.10. The molecule has 2 aromatic carbocycles. The van der Waals surface area contributed by atoms with E-state index in [1.54, 1.807) is 48.0 Å². The monoisotopic (exact) mass is 400 g/mol. The predicted molar refractivity (Wildman–Crippen MR) is 113 cm³/mol. The highest BCUT2D eigenvalue weighted by molar-refractivity contribution is 6.08. The molecule has 0 spiro atoms. The molecule has 150 valence electrons. The van der Waals surface area contributed by atoms with Crippen molar-refractivity contribution in [1.82, 2.24) is 9.55 Å². The van der Waals surface area contributed by atoms with Gasteiger partial charge in [0.2, 0.25) is 11.7 Å². The summed E-state index contributed by atoms with van der Waals surface area (Å²) < 4.78 is 1.69. The van der Waals surface area contributed by atoms with Crippen LogP contribution < -0.4 is 0 Å². The van der Waals surface area contributed by atoms with Gasteiger partial charge in [0.1, 0.15) is 0 Å². The molecule has 1 amide bonds. The number of nitrogens with zero attached hydrogens (tertiary/aromatic N) is 3. The van der Waals surface area contributed by atoms with Gasteiger partial charge in [0, 0.05) is 23.7 Å². The van der Waals surface area contributed by atoms with Crippen LogP contribution in [0.25, 0.3) is 10.9 Å². The van der Waals surface area contributed by atoms with Crippen LogP contribution in [0.15, 0.2) is 70.9 Å². The Hall–Kier alpha value is -4.00. The lowest BCUT2D eigenvalue weighted by Crippen LogP contribution is -2.11. The number of H-pyrrole nitrogens is 1. The van der Waals surface area contributed by atoms with E-state index < -0.39 is 5.91 Å². The number of azo groups is 1. The van der Waals surface area contributed by atoms with Gasteiger partial charge in [-0.15, -0.1) is 10.2 Å². The van der Waals surface area contributed by atoms with E-state index in [-0.39, 0.29) is 23.8 Å². The van der Waals surface area contributed by atoms with Crippen molar-refractivity contribution in [2.24, 2.45) is 17.3 Å². The van der Waals surface area contributed by atoms with E-state index in [1.807, 2.05) is 31.2 Å². The Balaban J connectivity index is 1.51. The van der Waals surface area contributed by atoms with E-state index in [0.29, 0.717) is 27.9 Å². The van der Waals surface area contributed by atoms with Crippen LogP contribution in [0, 0.1) is 6.92 Å². The summed E-state index contributed by atoms with van der Waals surface area (Å²) in [6.45, 7) is 1.96. The molecule has 7 heteroatoms. The van der Waals surface area contributed by atoms with Crippen molar-refractivity contribution in [3.8, 4) is 5.88 Å². The first kappa shape index (κ1) is 19.3. The number of aromatic hydroxyl groups is 1. The summed E-state index contributed by atoms with van der Waals surface area (Å²) in [5.41, 5.74) is 3.75. The molecular weight excluding hydrogens is 380 g/mol. The number of nitrogens with one attached hydrogen (secondary N) is 1. The number of carbonyl (C=O) groups is 2. The maximum Gasteiger partial charge on any atom is 0.270 e. The highest BCUT2D eigenvalue weighted by Gasteiger charge is 2.16. The predicted octanol–water partition coefficient (Wildman–Crippen LogP) is 4.60. The van der Waals surface area contributed by atoms with E-state index in [1.165, 1.54) is 0 Å². The lowest BCUT2D eigenvalue weighted by atomic mass is 10.1. The van der Waals surface area contributed by atoms with Gasteiger partial charge in [-0.2, -0.15) is 0 Å². The molecular formula is C23H20N4O3. The van der Waals surface area contributed by atoms with Crippen LogP contribution in [0.4, 0.5) is 5.69 Å². The van der Waals surface area contributed by atoms with Gasteiger partial charge < -0.3 is 14.7 Å². The Kier molecular flexibility index (Phi) is 5.02. The highest BCUT2D eigenvalue weighted by Crippen LogP contribution is 2.35. The maximum absolute atomic E-state index is 12.7. The van der Waals surface area contributed by atoms with E-state index in [4.69, 9.17) is 0 Å². The fourth-order valence-electron chi connectivity index (χ4n) is 3.32. The summed E-state index contributed by atoms with van der Waals surface area (Å²) in [7, 11) is 1.74. The van der Waals surface area contributed by atoms with Crippen LogP contribution >= 0.6 is 0 Å². The zero-order valence-electron chi connectivity index (χ0n) is 16.6. The fourth-order valence-corrected chi connectivity index (χ4v) is 3.32. The van der Waals surface area contributed by atoms with E-state index in [0.717, 1.165) is 5.56 Å². The topological polar surface area (TPSA) is 99.8 Å². The number of aromatic amines is 1. The van der Waals surface area contributed by atoms with Crippen LogP contribution in [0.3, 0.4) is 0 Å². The normalized spacial score (nSPS) is 11.4. The molecule has 0 radical (unpaired) electrons. The summed E-state index contributed by atoms with van der Waals surface area (Å²) in [5, 5.41) is 18.4. The van der Waals surface area contributed by atoms with Gasteiger partial charge in [-0.1, -0.05) is 48.0 Å². The summed E-state index contributed by atoms with van der Waals surface area (Å²) in [4.78, 5) is 27.9. The van der Waals surface area contributed by atoms with Crippen molar-refractivity contribution in [3.63, 3.8) is 0 Å². The van der Waals surface area contributed by atoms with Gasteiger partial charge in [0.15, 0.2) is 5.69 Å². The van der Waals surface area contributed by atoms with Gasteiger partial charge >= 0.3 is 0 Å². The van der Waals surface area contributed by atoms with Crippen LogP contribution in [0.2, 0.25) is 0 Å². The van der Waals surface area contributed by atoms with Crippen molar-refractivity contribution >= 4 is 28.3 Å². The number of amides is 1. The second kappa shape index (κ2) is 7.79. The van der Waals surface area contributed by atoms with E-state index in [9.17, 15) is 14.7 Å². The lowest BCUT2D eigenvalue weighted by Gasteiger charge is -2.06. The number of aryl methyl sites for hydroxylation is 1. The van der Waals surface area contributed by atoms with E-state index in [2.05, 4.69) is 15.2 Å². The molecule has 30 heavy (non-hydrogen) atoms. The minimum absolute atomic E-state index is 0.00963. The molecule has 0 bridgehead atoms. The van der Waals surface area contributed by atoms with Gasteiger partial charge in [-0.05, 0) is 25.1 Å². The summed E-state index contributed by atoms with van der Waals surface area (Å²) in [6.07, 6.45) is -0.00963. The number of aromatic nitrogens is 2. The second-order valence-electron chi connectivity index (χ2n) is 7.10. The number of hydrogen-bond donors (Lipinski definition) is 2. The van der Waals surface area contributed by atoms with Crippen molar-refractivity contribution in [3.05, 3.63) is 83.2 Å². The van der Waals surface area contributed by atoms with Crippen molar-refractivity contribution in [2.45, 2.75) is 13.3 Å². The number of fused-ring (bicyclic) bond motifs is 1. The third-order valence-electron chi connectivity index (χ3n) is 5.03. The third-order valence-corrected chi connectivity index (χ3v) is 5.03. The first-order valence-corrected chi connectivity index (χ1v) is 9.44. The number of para-hydroxylation sites is 1. The molecule has 0 unspecified atom stereocenters. The smallest absolute Gasteiger partial charge is 0.270 e. The number of rotatable bonds is 5. The molecule has 4 aromatic rings. The standard InChI is InChI=1S/C23H20N4O3/c1-14-7-9-15(10-8-14)22(29)19-12-11-16(27(19)2)13-20(28)25-26-21-17-5-3-4-6-18(17)24-23(21)30/h3-12,24,30H,13H2,1-2H3. The van der Waals surface area contributed by atoms with E-state index >= 15 is 0 Å². The number of carbonyl (C=O) groups excluding carboxylic acids is 2. The quantitative estimate of drug-likeness (QED) is 0.378. The Morgan fingerprint density at radius 1 is 1.03 bits per heavy atom. The molecule has 0 atom stereocenters. The molecule has 2 heterocycles. The van der Waals surface area contributed by atoms with Crippen molar-refractivity contribution < 1.29 is 14.7 Å². The first-order valence-electron chi connectivity index (χ1n) is 9.44. The number of hydrogen-bond acceptors (Lipinski definition) is 4. The highest BCUT2D eigenvalue weighted by atomic mass is 16.3. The molecule has 4 rings (SSSR count). The summed E-state index contributed by atoms with van der Waals surface area (Å²) >= 11 is 0. The lowest BCUT2D eigenvalue weighted by molar-refractivity contribution is -0.117. The van der Waals surface area contributed by atoms with Crippen LogP contribution in [0.1, 0.15) is 27.3 Å². The molecule has 2 aromatic heterocycles. The van der Waals surface area contributed by atoms with Gasteiger partial charge in [-0.25, -0.2) is 0 Å². The van der Waals surface area contributed by atoms with Crippen LogP contribution in [0.5, 0.6) is 5.88 Å². The van der Waals surface area contributed by atoms with Gasteiger partial charge in [0.05, 0.1) is 17.6 Å². The SMILES string of the molecule is Cc1ccc(C(=O)c2ccc(CC(=O)N=Nc3c(O)[nH]c4ccccc34)n2C)cc1. The molecule has 0 fully saturated rings. The zero-order chi connectivity index (χ0) is 21.3. The Labute approximate surface area is 172 Å². The molecule has 0 aliphatic heterocycles. The average Bonchev–Trinajstić information content (AvgIpc) is 3.25. The minimum atomic E-state index is -0.477. The largest absolute Gasteiger partial charge is 0.493 e. The summed E-state index contributed by atoms with van der Waals surface area (Å²) in [6, 6.07) is 18.0. The fraction of sp³-hybridized carbons (Fsp3) is 0.130. The minimum Gasteiger partial charge on any atom is -0.493 e. The molecule has 0 saturated heterocycles. The Morgan fingerprint density at radius 3 is 2.53 bits per heavy atom. The maximum atomic E-state index is 12.7. The molecule has 0 saturated carbocycles. The molecule has 7 nitrogen and oxygen atoms in total. The zero-order valence-corrected chi connectivity index (χ0v) is 16.6. The number of ketones is 1. The van der Waals surface area contributed by atoms with Crippen LogP contribution in [-0.2, 0) is 18.3 Å².